The number of benzene rings is 1. The molecule has 3 nitrogen and oxygen atoms in total. The summed E-state index contributed by atoms with van der Waals surface area (Å²) in [5.74, 6) is -0.142. The van der Waals surface area contributed by atoms with Crippen molar-refractivity contribution in [2.45, 2.75) is 13.0 Å². The second-order valence-corrected chi connectivity index (χ2v) is 4.70. The second-order valence-electron chi connectivity index (χ2n) is 3.78. The van der Waals surface area contributed by atoms with Crippen LogP contribution >= 0.6 is 15.9 Å². The minimum atomic E-state index is -0.620. The Morgan fingerprint density at radius 2 is 2.11 bits per heavy atom. The first kappa shape index (κ1) is 13.0. The van der Waals surface area contributed by atoms with Crippen molar-refractivity contribution in [2.75, 3.05) is 0 Å². The van der Waals surface area contributed by atoms with Gasteiger partial charge in [0.05, 0.1) is 6.10 Å². The number of hydrogen-bond acceptors (Lipinski definition) is 3. The Morgan fingerprint density at radius 1 is 1.33 bits per heavy atom. The number of ether oxygens (including phenoxy) is 1. The van der Waals surface area contributed by atoms with Crippen LogP contribution in [0.15, 0.2) is 41.0 Å². The monoisotopic (exact) mass is 311 g/mol. The summed E-state index contributed by atoms with van der Waals surface area (Å²) >= 11 is 3.17. The minimum Gasteiger partial charge on any atom is -0.436 e. The van der Waals surface area contributed by atoms with Crippen LogP contribution in [0.4, 0.5) is 4.39 Å². The van der Waals surface area contributed by atoms with Gasteiger partial charge in [0.2, 0.25) is 5.88 Å². The van der Waals surface area contributed by atoms with Crippen LogP contribution in [0.2, 0.25) is 0 Å². The summed E-state index contributed by atoms with van der Waals surface area (Å²) in [7, 11) is 0. The van der Waals surface area contributed by atoms with E-state index in [1.807, 2.05) is 0 Å². The molecule has 0 saturated heterocycles. The van der Waals surface area contributed by atoms with Crippen molar-refractivity contribution in [3.05, 3.63) is 52.4 Å². The third-order valence-electron chi connectivity index (χ3n) is 2.35. The molecule has 2 aromatic rings. The molecule has 0 fully saturated rings. The molecule has 94 valence electrons. The van der Waals surface area contributed by atoms with Gasteiger partial charge in [-0.05, 0) is 36.8 Å². The smallest absolute Gasteiger partial charge is 0.219 e. The number of aliphatic hydroxyl groups excluding tert-OH is 1. The van der Waals surface area contributed by atoms with Gasteiger partial charge in [-0.3, -0.25) is 0 Å². The zero-order chi connectivity index (χ0) is 13.1. The summed E-state index contributed by atoms with van der Waals surface area (Å²) in [6, 6.07) is 7.75. The van der Waals surface area contributed by atoms with Crippen molar-refractivity contribution in [2.24, 2.45) is 0 Å². The summed E-state index contributed by atoms with van der Waals surface area (Å²) in [5, 5.41) is 9.44. The molecular formula is C13H11BrFNO2. The molecule has 0 spiro atoms. The van der Waals surface area contributed by atoms with Crippen molar-refractivity contribution in [1.82, 2.24) is 4.98 Å². The van der Waals surface area contributed by atoms with E-state index >= 15 is 0 Å². The standard InChI is InChI=1S/C13H11BrFNO2/c1-8(17)9-4-5-16-13(6-9)18-12-3-2-10(14)7-11(12)15/h2-8,17H,1H3. The van der Waals surface area contributed by atoms with Gasteiger partial charge < -0.3 is 9.84 Å². The molecule has 1 aromatic carbocycles. The van der Waals surface area contributed by atoms with Crippen molar-refractivity contribution < 1.29 is 14.2 Å². The van der Waals surface area contributed by atoms with E-state index in [1.54, 1.807) is 25.1 Å². The molecule has 1 aromatic heterocycles. The lowest BCUT2D eigenvalue weighted by Gasteiger charge is -2.08. The van der Waals surface area contributed by atoms with E-state index < -0.39 is 11.9 Å². The van der Waals surface area contributed by atoms with Gasteiger partial charge in [-0.2, -0.15) is 0 Å². The van der Waals surface area contributed by atoms with E-state index in [4.69, 9.17) is 4.74 Å². The van der Waals surface area contributed by atoms with E-state index in [2.05, 4.69) is 20.9 Å². The summed E-state index contributed by atoms with van der Waals surface area (Å²) < 4.78 is 19.5. The minimum absolute atomic E-state index is 0.0912. The Bertz CT molecular complexity index is 560. The Labute approximate surface area is 112 Å². The van der Waals surface area contributed by atoms with E-state index in [0.29, 0.717) is 10.0 Å². The fourth-order valence-electron chi connectivity index (χ4n) is 1.41. The number of rotatable bonds is 3. The normalized spacial score (nSPS) is 12.2. The number of nitrogens with zero attached hydrogens (tertiary/aromatic N) is 1. The van der Waals surface area contributed by atoms with Gasteiger partial charge in [0, 0.05) is 16.7 Å². The van der Waals surface area contributed by atoms with Crippen LogP contribution in [0, 0.1) is 5.82 Å². The fraction of sp³-hybridized carbons (Fsp3) is 0.154. The van der Waals surface area contributed by atoms with Gasteiger partial charge in [0.25, 0.3) is 0 Å². The molecule has 1 atom stereocenters. The zero-order valence-corrected chi connectivity index (χ0v) is 11.2. The average Bonchev–Trinajstić information content (AvgIpc) is 2.33. The third kappa shape index (κ3) is 3.05. The molecular weight excluding hydrogens is 301 g/mol. The lowest BCUT2D eigenvalue weighted by atomic mass is 10.2. The number of pyridine rings is 1. The second kappa shape index (κ2) is 5.46. The van der Waals surface area contributed by atoms with E-state index in [0.717, 1.165) is 0 Å². The van der Waals surface area contributed by atoms with Gasteiger partial charge in [-0.1, -0.05) is 15.9 Å². The molecule has 2 rings (SSSR count). The van der Waals surface area contributed by atoms with Gasteiger partial charge in [-0.15, -0.1) is 0 Å². The first-order valence-electron chi connectivity index (χ1n) is 5.33. The molecule has 0 radical (unpaired) electrons. The van der Waals surface area contributed by atoms with Crippen LogP contribution in [0.25, 0.3) is 0 Å². The SMILES string of the molecule is CC(O)c1ccnc(Oc2ccc(Br)cc2F)c1. The molecule has 1 unspecified atom stereocenters. The highest BCUT2D eigenvalue weighted by molar-refractivity contribution is 9.10. The number of halogens is 2. The topological polar surface area (TPSA) is 42.4 Å². The molecule has 0 aliphatic rings. The molecule has 1 N–H and O–H groups in total. The number of hydrogen-bond donors (Lipinski definition) is 1. The molecule has 0 bridgehead atoms. The fourth-order valence-corrected chi connectivity index (χ4v) is 1.74. The maximum Gasteiger partial charge on any atom is 0.219 e. The maximum atomic E-state index is 13.6. The Kier molecular flexibility index (Phi) is 3.93. The predicted octanol–water partition coefficient (Wildman–Crippen LogP) is 3.83. The largest absolute Gasteiger partial charge is 0.436 e. The van der Waals surface area contributed by atoms with Crippen LogP contribution in [0.1, 0.15) is 18.6 Å². The van der Waals surface area contributed by atoms with E-state index in [9.17, 15) is 9.50 Å². The number of aliphatic hydroxyl groups is 1. The third-order valence-corrected chi connectivity index (χ3v) is 2.84. The molecule has 0 saturated carbocycles. The molecule has 0 aliphatic carbocycles. The first-order valence-corrected chi connectivity index (χ1v) is 6.12. The highest BCUT2D eigenvalue weighted by Gasteiger charge is 2.08. The van der Waals surface area contributed by atoms with Gasteiger partial charge in [-0.25, -0.2) is 9.37 Å². The summed E-state index contributed by atoms with van der Waals surface area (Å²) in [6.45, 7) is 1.64. The Morgan fingerprint density at radius 3 is 2.78 bits per heavy atom. The van der Waals surface area contributed by atoms with Crippen LogP contribution < -0.4 is 4.74 Å². The van der Waals surface area contributed by atoms with E-state index in [1.165, 1.54) is 18.3 Å². The lowest BCUT2D eigenvalue weighted by molar-refractivity contribution is 0.198. The maximum absolute atomic E-state index is 13.6. The quantitative estimate of drug-likeness (QED) is 0.936. The van der Waals surface area contributed by atoms with Crippen LogP contribution in [0.5, 0.6) is 11.6 Å². The van der Waals surface area contributed by atoms with E-state index in [-0.39, 0.29) is 11.6 Å². The van der Waals surface area contributed by atoms with Gasteiger partial charge in [0.1, 0.15) is 0 Å². The molecule has 1 heterocycles. The van der Waals surface area contributed by atoms with Crippen molar-refractivity contribution >= 4 is 15.9 Å². The summed E-state index contributed by atoms with van der Waals surface area (Å²) in [4.78, 5) is 3.97. The van der Waals surface area contributed by atoms with Crippen molar-refractivity contribution in [3.63, 3.8) is 0 Å². The average molecular weight is 312 g/mol. The summed E-state index contributed by atoms with van der Waals surface area (Å²) in [5.41, 5.74) is 0.664. The van der Waals surface area contributed by atoms with Crippen LogP contribution in [-0.4, -0.2) is 10.1 Å². The number of aromatic nitrogens is 1. The van der Waals surface area contributed by atoms with Crippen LogP contribution in [-0.2, 0) is 0 Å². The molecule has 0 amide bonds. The van der Waals surface area contributed by atoms with Crippen molar-refractivity contribution in [1.29, 1.82) is 0 Å². The Hall–Kier alpha value is -1.46. The molecule has 5 heteroatoms. The highest BCUT2D eigenvalue weighted by Crippen LogP contribution is 2.26. The van der Waals surface area contributed by atoms with Gasteiger partial charge >= 0.3 is 0 Å². The van der Waals surface area contributed by atoms with Gasteiger partial charge in [0.15, 0.2) is 11.6 Å². The van der Waals surface area contributed by atoms with Crippen LogP contribution in [0.3, 0.4) is 0 Å². The predicted molar refractivity (Wildman–Crippen MR) is 69.0 cm³/mol. The molecule has 18 heavy (non-hydrogen) atoms. The Balaban J connectivity index is 2.25. The first-order chi connectivity index (χ1) is 8.56. The summed E-state index contributed by atoms with van der Waals surface area (Å²) in [6.07, 6.45) is 0.888. The van der Waals surface area contributed by atoms with Crippen molar-refractivity contribution in [3.8, 4) is 11.6 Å². The lowest BCUT2D eigenvalue weighted by Crippen LogP contribution is -1.95. The zero-order valence-electron chi connectivity index (χ0n) is 9.60. The highest BCUT2D eigenvalue weighted by atomic mass is 79.9. The molecule has 0 aliphatic heterocycles.